The average Bonchev–Trinajstić information content (AvgIpc) is 3.16. The van der Waals surface area contributed by atoms with Crippen molar-refractivity contribution in [2.24, 2.45) is 7.05 Å². The van der Waals surface area contributed by atoms with Crippen LogP contribution in [0.25, 0.3) is 16.7 Å². The first-order chi connectivity index (χ1) is 11.7. The van der Waals surface area contributed by atoms with Crippen molar-refractivity contribution in [1.82, 2.24) is 24.5 Å². The maximum absolute atomic E-state index is 14.3. The number of anilines is 1. The number of hydrogen-bond acceptors (Lipinski definition) is 4. The summed E-state index contributed by atoms with van der Waals surface area (Å²) in [6.45, 7) is 0.487. The molecule has 0 aliphatic heterocycles. The molecule has 0 unspecified atom stereocenters. The van der Waals surface area contributed by atoms with E-state index in [4.69, 9.17) is 0 Å². The maximum Gasteiger partial charge on any atom is 0.209 e. The Kier molecular flexibility index (Phi) is 3.45. The van der Waals surface area contributed by atoms with Gasteiger partial charge in [-0.15, -0.1) is 5.10 Å². The molecule has 0 saturated carbocycles. The van der Waals surface area contributed by atoms with Crippen LogP contribution in [0.2, 0.25) is 0 Å². The molecule has 24 heavy (non-hydrogen) atoms. The van der Waals surface area contributed by atoms with Crippen molar-refractivity contribution in [3.8, 4) is 5.69 Å². The largest absolute Gasteiger partial charge is 0.350 e. The first-order valence-corrected chi connectivity index (χ1v) is 7.54. The summed E-state index contributed by atoms with van der Waals surface area (Å²) in [5, 5.41) is 11.0. The molecule has 0 atom stereocenters. The SMILES string of the molecule is Cn1nncc1CNc1nc2ccccc2n1-c1ccccc1F. The van der Waals surface area contributed by atoms with E-state index in [-0.39, 0.29) is 5.82 Å². The van der Waals surface area contributed by atoms with Crippen LogP contribution in [0.1, 0.15) is 5.69 Å². The summed E-state index contributed by atoms with van der Waals surface area (Å²) in [5.74, 6) is 0.272. The number of halogens is 1. The quantitative estimate of drug-likeness (QED) is 0.627. The zero-order chi connectivity index (χ0) is 16.5. The lowest BCUT2D eigenvalue weighted by molar-refractivity contribution is 0.619. The van der Waals surface area contributed by atoms with Gasteiger partial charge in [0.2, 0.25) is 5.95 Å². The fourth-order valence-corrected chi connectivity index (χ4v) is 2.66. The molecule has 0 radical (unpaired) electrons. The Morgan fingerprint density at radius 2 is 1.88 bits per heavy atom. The molecule has 0 aliphatic carbocycles. The number of aromatic nitrogens is 5. The van der Waals surface area contributed by atoms with Gasteiger partial charge in [0.25, 0.3) is 0 Å². The van der Waals surface area contributed by atoms with E-state index in [1.54, 1.807) is 27.6 Å². The Balaban J connectivity index is 1.81. The van der Waals surface area contributed by atoms with Crippen molar-refractivity contribution in [2.75, 3.05) is 5.32 Å². The highest BCUT2D eigenvalue weighted by Crippen LogP contribution is 2.26. The predicted octanol–water partition coefficient (Wildman–Crippen LogP) is 2.91. The molecule has 2 aromatic heterocycles. The van der Waals surface area contributed by atoms with Gasteiger partial charge in [-0.25, -0.2) is 9.37 Å². The highest BCUT2D eigenvalue weighted by molar-refractivity contribution is 5.81. The lowest BCUT2D eigenvalue weighted by atomic mass is 10.2. The topological polar surface area (TPSA) is 60.6 Å². The number of benzene rings is 2. The fraction of sp³-hybridized carbons (Fsp3) is 0.118. The van der Waals surface area contributed by atoms with Crippen molar-refractivity contribution in [3.05, 3.63) is 66.2 Å². The van der Waals surface area contributed by atoms with Crippen molar-refractivity contribution in [3.63, 3.8) is 0 Å². The Hall–Kier alpha value is -3.22. The Morgan fingerprint density at radius 1 is 1.08 bits per heavy atom. The van der Waals surface area contributed by atoms with Crippen LogP contribution in [0.15, 0.2) is 54.7 Å². The minimum atomic E-state index is -0.300. The normalized spacial score (nSPS) is 11.1. The van der Waals surface area contributed by atoms with Gasteiger partial charge in [0.15, 0.2) is 0 Å². The van der Waals surface area contributed by atoms with Crippen molar-refractivity contribution >= 4 is 17.0 Å². The minimum Gasteiger partial charge on any atom is -0.350 e. The third-order valence-corrected chi connectivity index (χ3v) is 3.89. The van der Waals surface area contributed by atoms with Crippen LogP contribution >= 0.6 is 0 Å². The highest BCUT2D eigenvalue weighted by atomic mass is 19.1. The minimum absolute atomic E-state index is 0.300. The Bertz CT molecular complexity index is 1000. The van der Waals surface area contributed by atoms with Gasteiger partial charge in [0, 0.05) is 7.05 Å². The van der Waals surface area contributed by atoms with Crippen molar-refractivity contribution < 1.29 is 4.39 Å². The number of imidazole rings is 1. The van der Waals surface area contributed by atoms with Crippen LogP contribution in [0.4, 0.5) is 10.3 Å². The second-order valence-corrected chi connectivity index (χ2v) is 5.41. The lowest BCUT2D eigenvalue weighted by Crippen LogP contribution is -2.10. The maximum atomic E-state index is 14.3. The fourth-order valence-electron chi connectivity index (χ4n) is 2.66. The summed E-state index contributed by atoms with van der Waals surface area (Å²) < 4.78 is 17.8. The van der Waals surface area contributed by atoms with Crippen LogP contribution in [-0.4, -0.2) is 24.5 Å². The summed E-state index contributed by atoms with van der Waals surface area (Å²) in [4.78, 5) is 4.59. The average molecular weight is 322 g/mol. The molecule has 2 aromatic carbocycles. The molecule has 4 aromatic rings. The molecule has 0 fully saturated rings. The van der Waals surface area contributed by atoms with Gasteiger partial charge in [0.05, 0.1) is 35.2 Å². The van der Waals surface area contributed by atoms with E-state index >= 15 is 0 Å². The van der Waals surface area contributed by atoms with E-state index in [9.17, 15) is 4.39 Å². The van der Waals surface area contributed by atoms with E-state index in [1.165, 1.54) is 6.07 Å². The molecule has 1 N–H and O–H groups in total. The predicted molar refractivity (Wildman–Crippen MR) is 89.4 cm³/mol. The standard InChI is InChI=1S/C17H15FN6/c1-23-12(11-20-22-23)10-19-17-21-14-7-3-5-9-16(14)24(17)15-8-4-2-6-13(15)18/h2-9,11H,10H2,1H3,(H,19,21). The second kappa shape index (κ2) is 5.77. The van der Waals surface area contributed by atoms with Crippen LogP contribution in [0.3, 0.4) is 0 Å². The monoisotopic (exact) mass is 322 g/mol. The number of nitrogens with zero attached hydrogens (tertiary/aromatic N) is 5. The van der Waals surface area contributed by atoms with Gasteiger partial charge in [-0.1, -0.05) is 29.5 Å². The summed E-state index contributed by atoms with van der Waals surface area (Å²) in [5.41, 5.74) is 3.00. The summed E-state index contributed by atoms with van der Waals surface area (Å²) in [6.07, 6.45) is 1.68. The van der Waals surface area contributed by atoms with Crippen LogP contribution < -0.4 is 5.32 Å². The molecular weight excluding hydrogens is 307 g/mol. The molecule has 4 rings (SSSR count). The zero-order valence-electron chi connectivity index (χ0n) is 13.0. The third-order valence-electron chi connectivity index (χ3n) is 3.89. The summed E-state index contributed by atoms with van der Waals surface area (Å²) in [6, 6.07) is 14.3. The highest BCUT2D eigenvalue weighted by Gasteiger charge is 2.15. The molecule has 0 amide bonds. The van der Waals surface area contributed by atoms with Crippen LogP contribution in [0.5, 0.6) is 0 Å². The van der Waals surface area contributed by atoms with Gasteiger partial charge in [0.1, 0.15) is 5.82 Å². The van der Waals surface area contributed by atoms with E-state index in [0.717, 1.165) is 16.7 Å². The molecule has 6 nitrogen and oxygen atoms in total. The summed E-state index contributed by atoms with van der Waals surface area (Å²) >= 11 is 0. The number of para-hydroxylation sites is 3. The van der Waals surface area contributed by atoms with E-state index in [0.29, 0.717) is 18.2 Å². The Labute approximate surface area is 137 Å². The number of fused-ring (bicyclic) bond motifs is 1. The Morgan fingerprint density at radius 3 is 2.67 bits per heavy atom. The molecule has 2 heterocycles. The van der Waals surface area contributed by atoms with Crippen LogP contribution in [-0.2, 0) is 13.6 Å². The number of aryl methyl sites for hydroxylation is 1. The van der Waals surface area contributed by atoms with Gasteiger partial charge in [-0.2, -0.15) is 0 Å². The summed E-state index contributed by atoms with van der Waals surface area (Å²) in [7, 11) is 1.82. The second-order valence-electron chi connectivity index (χ2n) is 5.41. The van der Waals surface area contributed by atoms with E-state index in [1.807, 2.05) is 37.4 Å². The van der Waals surface area contributed by atoms with E-state index in [2.05, 4.69) is 20.6 Å². The first-order valence-electron chi connectivity index (χ1n) is 7.54. The third kappa shape index (κ3) is 2.40. The van der Waals surface area contributed by atoms with Crippen LogP contribution in [0, 0.1) is 5.82 Å². The van der Waals surface area contributed by atoms with Crippen molar-refractivity contribution in [1.29, 1.82) is 0 Å². The molecule has 0 saturated heterocycles. The van der Waals surface area contributed by atoms with Gasteiger partial charge in [-0.3, -0.25) is 9.25 Å². The molecular formula is C17H15FN6. The lowest BCUT2D eigenvalue weighted by Gasteiger charge is -2.11. The van der Waals surface area contributed by atoms with E-state index < -0.39 is 0 Å². The number of nitrogens with one attached hydrogen (secondary N) is 1. The molecule has 120 valence electrons. The van der Waals surface area contributed by atoms with Gasteiger partial charge < -0.3 is 5.32 Å². The molecule has 0 aliphatic rings. The smallest absolute Gasteiger partial charge is 0.209 e. The van der Waals surface area contributed by atoms with Crippen molar-refractivity contribution in [2.45, 2.75) is 6.54 Å². The number of hydrogen-bond donors (Lipinski definition) is 1. The zero-order valence-corrected chi connectivity index (χ0v) is 13.0. The van der Waals surface area contributed by atoms with Gasteiger partial charge in [-0.05, 0) is 24.3 Å². The molecule has 0 spiro atoms. The number of rotatable bonds is 4. The molecule has 0 bridgehead atoms. The first kappa shape index (κ1) is 14.4. The molecule has 7 heteroatoms. The van der Waals surface area contributed by atoms with Gasteiger partial charge >= 0.3 is 0 Å².